The second-order valence-corrected chi connectivity index (χ2v) is 4.11. The van der Waals surface area contributed by atoms with E-state index >= 15 is 0 Å². The number of hydrogen-bond donors (Lipinski definition) is 1. The second kappa shape index (κ2) is 4.09. The topological polar surface area (TPSA) is 87.0 Å². The van der Waals surface area contributed by atoms with E-state index in [1.807, 2.05) is 0 Å². The van der Waals surface area contributed by atoms with E-state index in [2.05, 4.69) is 4.98 Å². The van der Waals surface area contributed by atoms with Crippen molar-refractivity contribution in [2.45, 2.75) is 0 Å². The first-order chi connectivity index (χ1) is 9.16. The Hall–Kier alpha value is -2.89. The van der Waals surface area contributed by atoms with Gasteiger partial charge in [0, 0.05) is 11.8 Å². The molecule has 0 spiro atoms. The second-order valence-electron chi connectivity index (χ2n) is 4.11. The fourth-order valence-corrected chi connectivity index (χ4v) is 2.04. The van der Waals surface area contributed by atoms with Gasteiger partial charge in [0.05, 0.1) is 16.0 Å². The molecule has 6 heteroatoms. The van der Waals surface area contributed by atoms with Crippen molar-refractivity contribution in [1.29, 1.82) is 0 Å². The zero-order valence-corrected chi connectivity index (χ0v) is 9.85. The molecule has 0 amide bonds. The fourth-order valence-electron chi connectivity index (χ4n) is 2.04. The summed E-state index contributed by atoms with van der Waals surface area (Å²) in [4.78, 5) is 14.9. The van der Waals surface area contributed by atoms with Gasteiger partial charge in [-0.15, -0.1) is 0 Å². The number of para-hydroxylation sites is 2. The van der Waals surface area contributed by atoms with Crippen LogP contribution in [0.25, 0.3) is 16.7 Å². The van der Waals surface area contributed by atoms with Gasteiger partial charge in [0.1, 0.15) is 12.0 Å². The van der Waals surface area contributed by atoms with Gasteiger partial charge in [-0.05, 0) is 24.3 Å². The number of hydrogen-bond acceptors (Lipinski definition) is 4. The van der Waals surface area contributed by atoms with Gasteiger partial charge in [0.2, 0.25) is 0 Å². The SMILES string of the molecule is Nc1ccc2c(c1)ncn2-c1ccccc1[N+](=O)[O-]. The molecule has 0 radical (unpaired) electrons. The predicted octanol–water partition coefficient (Wildman–Crippen LogP) is 2.52. The summed E-state index contributed by atoms with van der Waals surface area (Å²) in [5.41, 5.74) is 8.32. The minimum Gasteiger partial charge on any atom is -0.399 e. The molecule has 2 N–H and O–H groups in total. The standard InChI is InChI=1S/C13H10N4O2/c14-9-5-6-11-10(7-9)15-8-16(11)12-3-1-2-4-13(12)17(18)19/h1-8H,14H2. The van der Waals surface area contributed by atoms with Gasteiger partial charge in [-0.1, -0.05) is 12.1 Å². The predicted molar refractivity (Wildman–Crippen MR) is 72.1 cm³/mol. The van der Waals surface area contributed by atoms with Crippen molar-refractivity contribution in [2.24, 2.45) is 0 Å². The van der Waals surface area contributed by atoms with Crippen LogP contribution in [-0.2, 0) is 0 Å². The molecule has 2 aromatic carbocycles. The lowest BCUT2D eigenvalue weighted by Crippen LogP contribution is -1.98. The largest absolute Gasteiger partial charge is 0.399 e. The van der Waals surface area contributed by atoms with Crippen LogP contribution in [0.5, 0.6) is 0 Å². The quantitative estimate of drug-likeness (QED) is 0.432. The summed E-state index contributed by atoms with van der Waals surface area (Å²) < 4.78 is 1.69. The number of nitro groups is 1. The molecule has 0 aliphatic rings. The van der Waals surface area contributed by atoms with Crippen LogP contribution in [0.3, 0.4) is 0 Å². The van der Waals surface area contributed by atoms with Crippen LogP contribution in [0.1, 0.15) is 0 Å². The Morgan fingerprint density at radius 1 is 1.21 bits per heavy atom. The van der Waals surface area contributed by atoms with Crippen molar-refractivity contribution in [3.63, 3.8) is 0 Å². The van der Waals surface area contributed by atoms with Crippen LogP contribution in [0, 0.1) is 10.1 Å². The first-order valence-electron chi connectivity index (χ1n) is 5.63. The van der Waals surface area contributed by atoms with Crippen molar-refractivity contribution in [3.05, 3.63) is 58.9 Å². The Morgan fingerprint density at radius 2 is 2.00 bits per heavy atom. The van der Waals surface area contributed by atoms with Crippen LogP contribution in [0.15, 0.2) is 48.8 Å². The first-order valence-corrected chi connectivity index (χ1v) is 5.63. The highest BCUT2D eigenvalue weighted by Crippen LogP contribution is 2.26. The average Bonchev–Trinajstić information content (AvgIpc) is 2.81. The lowest BCUT2D eigenvalue weighted by molar-refractivity contribution is -0.384. The van der Waals surface area contributed by atoms with E-state index in [1.54, 1.807) is 47.3 Å². The third kappa shape index (κ3) is 1.79. The number of nitrogens with zero attached hydrogens (tertiary/aromatic N) is 3. The molecule has 0 saturated heterocycles. The van der Waals surface area contributed by atoms with E-state index in [9.17, 15) is 10.1 Å². The summed E-state index contributed by atoms with van der Waals surface area (Å²) in [7, 11) is 0. The molecule has 0 bridgehead atoms. The Bertz CT molecular complexity index is 779. The monoisotopic (exact) mass is 254 g/mol. The molecular weight excluding hydrogens is 244 g/mol. The average molecular weight is 254 g/mol. The minimum absolute atomic E-state index is 0.0404. The number of rotatable bonds is 2. The first kappa shape index (κ1) is 11.2. The molecule has 94 valence electrons. The zero-order chi connectivity index (χ0) is 13.4. The fraction of sp³-hybridized carbons (Fsp3) is 0. The molecular formula is C13H10N4O2. The molecule has 0 saturated carbocycles. The van der Waals surface area contributed by atoms with Gasteiger partial charge in [0.25, 0.3) is 5.69 Å². The Balaban J connectivity index is 2.28. The van der Waals surface area contributed by atoms with Crippen LogP contribution in [0.4, 0.5) is 11.4 Å². The Kier molecular flexibility index (Phi) is 2.42. The van der Waals surface area contributed by atoms with Gasteiger partial charge >= 0.3 is 0 Å². The highest BCUT2D eigenvalue weighted by atomic mass is 16.6. The third-order valence-corrected chi connectivity index (χ3v) is 2.91. The maximum absolute atomic E-state index is 11.1. The molecule has 0 unspecified atom stereocenters. The number of nitrogens with two attached hydrogens (primary N) is 1. The summed E-state index contributed by atoms with van der Waals surface area (Å²) in [6.07, 6.45) is 1.56. The van der Waals surface area contributed by atoms with Crippen molar-refractivity contribution in [1.82, 2.24) is 9.55 Å². The van der Waals surface area contributed by atoms with Crippen molar-refractivity contribution in [3.8, 4) is 5.69 Å². The molecule has 3 aromatic rings. The van der Waals surface area contributed by atoms with Gasteiger partial charge in [-0.25, -0.2) is 4.98 Å². The molecule has 1 heterocycles. The Morgan fingerprint density at radius 3 is 2.79 bits per heavy atom. The van der Waals surface area contributed by atoms with E-state index in [4.69, 9.17) is 5.73 Å². The smallest absolute Gasteiger partial charge is 0.293 e. The minimum atomic E-state index is -0.404. The highest BCUT2D eigenvalue weighted by Gasteiger charge is 2.15. The molecule has 0 aliphatic carbocycles. The normalized spacial score (nSPS) is 10.7. The van der Waals surface area contributed by atoms with E-state index in [1.165, 1.54) is 6.07 Å². The van der Waals surface area contributed by atoms with Crippen molar-refractivity contribution in [2.75, 3.05) is 5.73 Å². The lowest BCUT2D eigenvalue weighted by Gasteiger charge is -2.05. The molecule has 0 aliphatic heterocycles. The van der Waals surface area contributed by atoms with E-state index in [-0.39, 0.29) is 5.69 Å². The Labute approximate surface area is 108 Å². The maximum atomic E-state index is 11.1. The zero-order valence-electron chi connectivity index (χ0n) is 9.85. The lowest BCUT2D eigenvalue weighted by atomic mass is 10.2. The number of anilines is 1. The van der Waals surface area contributed by atoms with Crippen LogP contribution < -0.4 is 5.73 Å². The number of nitro benzene ring substituents is 1. The van der Waals surface area contributed by atoms with Crippen molar-refractivity contribution >= 4 is 22.4 Å². The van der Waals surface area contributed by atoms with Crippen LogP contribution in [-0.4, -0.2) is 14.5 Å². The number of imidazole rings is 1. The van der Waals surface area contributed by atoms with E-state index < -0.39 is 4.92 Å². The molecule has 0 atom stereocenters. The van der Waals surface area contributed by atoms with E-state index in [0.29, 0.717) is 16.9 Å². The molecule has 1 aromatic heterocycles. The van der Waals surface area contributed by atoms with Crippen LogP contribution in [0.2, 0.25) is 0 Å². The van der Waals surface area contributed by atoms with Crippen molar-refractivity contribution < 1.29 is 4.92 Å². The number of aromatic nitrogens is 2. The summed E-state index contributed by atoms with van der Waals surface area (Å²) >= 11 is 0. The number of nitrogen functional groups attached to an aromatic ring is 1. The summed E-state index contributed by atoms with van der Waals surface area (Å²) in [5, 5.41) is 11.1. The summed E-state index contributed by atoms with van der Waals surface area (Å²) in [6.45, 7) is 0. The molecule has 0 fully saturated rings. The molecule has 19 heavy (non-hydrogen) atoms. The van der Waals surface area contributed by atoms with Gasteiger partial charge in [-0.2, -0.15) is 0 Å². The molecule has 3 rings (SSSR count). The molecule has 6 nitrogen and oxygen atoms in total. The highest BCUT2D eigenvalue weighted by molar-refractivity contribution is 5.81. The van der Waals surface area contributed by atoms with E-state index in [0.717, 1.165) is 5.52 Å². The summed E-state index contributed by atoms with van der Waals surface area (Å²) in [6, 6.07) is 11.8. The van der Waals surface area contributed by atoms with Crippen LogP contribution >= 0.6 is 0 Å². The van der Waals surface area contributed by atoms with Gasteiger partial charge in [0.15, 0.2) is 0 Å². The number of fused-ring (bicyclic) bond motifs is 1. The number of benzene rings is 2. The van der Waals surface area contributed by atoms with Gasteiger partial charge in [-0.3, -0.25) is 14.7 Å². The third-order valence-electron chi connectivity index (χ3n) is 2.91. The summed E-state index contributed by atoms with van der Waals surface area (Å²) in [5.74, 6) is 0. The maximum Gasteiger partial charge on any atom is 0.293 e. The van der Waals surface area contributed by atoms with Gasteiger partial charge < -0.3 is 5.73 Å².